The summed E-state index contributed by atoms with van der Waals surface area (Å²) in [6.07, 6.45) is 4.91. The summed E-state index contributed by atoms with van der Waals surface area (Å²) in [6.45, 7) is 8.07. The standard InChI is InChI=1S/C27H15N2.C13H24O2.Ir/c1-2-8-18-15-25-21(13-17(18)7-1)27-22(14-19-9-3-5-11-23(19)28-27)26-16-20-10-4-6-12-24(20)29(25)26;1-5-10(6-2)12(14)9-13(15)11(7-3)8-4;/h1-12,14-16H;9-11,14H,5-8H2,1-4H3;/q-1;;/b;12-9-;. The van der Waals surface area contributed by atoms with Crippen LogP contribution < -0.4 is 0 Å². The Labute approximate surface area is 278 Å². The van der Waals surface area contributed by atoms with Crippen molar-refractivity contribution in [3.63, 3.8) is 0 Å². The number of hydrogen-bond acceptors (Lipinski definition) is 3. The first kappa shape index (κ1) is 32.3. The number of allylic oxidation sites excluding steroid dienone is 2. The summed E-state index contributed by atoms with van der Waals surface area (Å²) in [5.74, 6) is 0.547. The van der Waals surface area contributed by atoms with E-state index in [1.165, 1.54) is 33.3 Å². The summed E-state index contributed by atoms with van der Waals surface area (Å²) in [4.78, 5) is 16.8. The second-order valence-electron chi connectivity index (χ2n) is 11.6. The quantitative estimate of drug-likeness (QED) is 0.0577. The molecule has 0 aliphatic rings. The van der Waals surface area contributed by atoms with Crippen molar-refractivity contribution >= 4 is 65.7 Å². The Balaban J connectivity index is 0.000000217. The number of aromatic nitrogens is 2. The minimum absolute atomic E-state index is 0. The number of pyridine rings is 2. The van der Waals surface area contributed by atoms with E-state index < -0.39 is 0 Å². The third-order valence-electron chi connectivity index (χ3n) is 9.04. The third kappa shape index (κ3) is 6.12. The largest absolute Gasteiger partial charge is 0.512 e. The second-order valence-corrected chi connectivity index (χ2v) is 11.6. The van der Waals surface area contributed by atoms with Gasteiger partial charge in [-0.3, -0.25) is 9.78 Å². The van der Waals surface area contributed by atoms with Gasteiger partial charge in [-0.1, -0.05) is 99.1 Å². The molecule has 4 aromatic carbocycles. The number of hydrogen-bond donors (Lipinski definition) is 1. The number of fused-ring (bicyclic) bond motifs is 10. The number of aliphatic hydroxyl groups is 1. The van der Waals surface area contributed by atoms with Crippen molar-refractivity contribution in [2.24, 2.45) is 11.8 Å². The van der Waals surface area contributed by atoms with Crippen LogP contribution in [0, 0.1) is 17.9 Å². The van der Waals surface area contributed by atoms with Crippen LogP contribution in [0.3, 0.4) is 0 Å². The molecule has 0 saturated heterocycles. The molecule has 0 unspecified atom stereocenters. The molecule has 3 aromatic heterocycles. The van der Waals surface area contributed by atoms with E-state index >= 15 is 0 Å². The molecule has 3 heterocycles. The number of benzene rings is 4. The normalized spacial score (nSPS) is 12.0. The SMILES string of the molecule is CCC(CC)C(=O)/C=C(\O)C(CC)CC.[Ir].[c-]1c2ccccc2cc2c1c1nc3ccccc3cc1c1cc3ccccc3n21. The van der Waals surface area contributed by atoms with Gasteiger partial charge in [0.1, 0.15) is 0 Å². The van der Waals surface area contributed by atoms with Crippen molar-refractivity contribution in [1.29, 1.82) is 0 Å². The summed E-state index contributed by atoms with van der Waals surface area (Å²) in [5, 5.41) is 16.7. The van der Waals surface area contributed by atoms with Gasteiger partial charge in [0.2, 0.25) is 0 Å². The van der Waals surface area contributed by atoms with Gasteiger partial charge in [0.05, 0.1) is 11.3 Å². The molecule has 0 fully saturated rings. The van der Waals surface area contributed by atoms with Crippen molar-refractivity contribution in [3.05, 3.63) is 109 Å². The van der Waals surface area contributed by atoms with E-state index in [1.807, 2.05) is 33.8 Å². The molecule has 0 atom stereocenters. The zero-order valence-electron chi connectivity index (χ0n) is 26.3. The van der Waals surface area contributed by atoms with E-state index in [4.69, 9.17) is 4.98 Å². The Hall–Kier alpha value is -4.05. The number of carbonyl (C=O) groups excluding carboxylic acids is 1. The van der Waals surface area contributed by atoms with Gasteiger partial charge in [0, 0.05) is 54.6 Å². The Bertz CT molecular complexity index is 2170. The van der Waals surface area contributed by atoms with Gasteiger partial charge in [-0.05, 0) is 71.6 Å². The van der Waals surface area contributed by atoms with E-state index in [-0.39, 0.29) is 43.5 Å². The minimum atomic E-state index is 0. The first-order chi connectivity index (χ1) is 21.5. The van der Waals surface area contributed by atoms with Gasteiger partial charge in [-0.15, -0.1) is 17.5 Å². The fraction of sp³-hybridized carbons (Fsp3) is 0.250. The molecule has 7 rings (SSSR count). The number of rotatable bonds is 7. The number of para-hydroxylation sites is 2. The van der Waals surface area contributed by atoms with E-state index in [0.717, 1.165) is 58.4 Å². The zero-order valence-corrected chi connectivity index (χ0v) is 28.7. The maximum absolute atomic E-state index is 11.7. The topological polar surface area (TPSA) is 54.6 Å². The van der Waals surface area contributed by atoms with Crippen LogP contribution in [0.25, 0.3) is 59.9 Å². The van der Waals surface area contributed by atoms with E-state index in [0.29, 0.717) is 0 Å². The molecular formula is C40H39IrN2O2-. The molecule has 4 nitrogen and oxygen atoms in total. The number of nitrogens with zero attached hydrogens (tertiary/aromatic N) is 2. The summed E-state index contributed by atoms with van der Waals surface area (Å²) >= 11 is 0. The Morgan fingerprint density at radius 2 is 1.36 bits per heavy atom. The molecule has 0 amide bonds. The molecule has 45 heavy (non-hydrogen) atoms. The van der Waals surface area contributed by atoms with Crippen molar-refractivity contribution < 1.29 is 30.0 Å². The fourth-order valence-corrected chi connectivity index (χ4v) is 6.41. The van der Waals surface area contributed by atoms with E-state index in [2.05, 4.69) is 95.4 Å². The van der Waals surface area contributed by atoms with Crippen LogP contribution in [0.5, 0.6) is 0 Å². The molecular weight excluding hydrogens is 733 g/mol. The summed E-state index contributed by atoms with van der Waals surface area (Å²) in [7, 11) is 0. The molecule has 1 N–H and O–H groups in total. The van der Waals surface area contributed by atoms with Gasteiger partial charge in [0.15, 0.2) is 5.78 Å². The average Bonchev–Trinajstić information content (AvgIpc) is 3.45. The van der Waals surface area contributed by atoms with Crippen LogP contribution in [0.15, 0.2) is 103 Å². The van der Waals surface area contributed by atoms with E-state index in [9.17, 15) is 9.90 Å². The summed E-state index contributed by atoms with van der Waals surface area (Å²) in [5.41, 5.74) is 5.58. The molecule has 231 valence electrons. The van der Waals surface area contributed by atoms with Crippen molar-refractivity contribution in [2.45, 2.75) is 53.4 Å². The fourth-order valence-electron chi connectivity index (χ4n) is 6.41. The smallest absolute Gasteiger partial charge is 0.162 e. The minimum Gasteiger partial charge on any atom is -0.512 e. The molecule has 0 bridgehead atoms. The van der Waals surface area contributed by atoms with Gasteiger partial charge in [0.25, 0.3) is 0 Å². The monoisotopic (exact) mass is 772 g/mol. The Kier molecular flexibility index (Phi) is 10.0. The first-order valence-corrected chi connectivity index (χ1v) is 15.9. The van der Waals surface area contributed by atoms with Crippen molar-refractivity contribution in [2.75, 3.05) is 0 Å². The van der Waals surface area contributed by atoms with Gasteiger partial charge < -0.3 is 9.51 Å². The van der Waals surface area contributed by atoms with Crippen LogP contribution in [0.2, 0.25) is 0 Å². The average molecular weight is 772 g/mol. The first-order valence-electron chi connectivity index (χ1n) is 15.9. The maximum Gasteiger partial charge on any atom is 0.162 e. The van der Waals surface area contributed by atoms with E-state index in [1.54, 1.807) is 0 Å². The number of ketones is 1. The third-order valence-corrected chi connectivity index (χ3v) is 9.04. The molecule has 0 aliphatic heterocycles. The van der Waals surface area contributed by atoms with Gasteiger partial charge in [-0.2, -0.15) is 0 Å². The van der Waals surface area contributed by atoms with Crippen LogP contribution >= 0.6 is 0 Å². The molecule has 0 aliphatic carbocycles. The van der Waals surface area contributed by atoms with Gasteiger partial charge in [-0.25, -0.2) is 0 Å². The Morgan fingerprint density at radius 3 is 2.07 bits per heavy atom. The summed E-state index contributed by atoms with van der Waals surface area (Å²) < 4.78 is 2.37. The maximum atomic E-state index is 11.7. The predicted molar refractivity (Wildman–Crippen MR) is 185 cm³/mol. The molecule has 5 heteroatoms. The number of aliphatic hydroxyl groups excluding tert-OH is 1. The molecule has 0 spiro atoms. The number of carbonyl (C=O) groups is 1. The van der Waals surface area contributed by atoms with Gasteiger partial charge >= 0.3 is 0 Å². The Morgan fingerprint density at radius 1 is 0.756 bits per heavy atom. The molecule has 1 radical (unpaired) electrons. The molecule has 0 saturated carbocycles. The molecule has 7 aromatic rings. The summed E-state index contributed by atoms with van der Waals surface area (Å²) in [6, 6.07) is 35.9. The van der Waals surface area contributed by atoms with Crippen LogP contribution in [-0.2, 0) is 24.9 Å². The van der Waals surface area contributed by atoms with Crippen molar-refractivity contribution in [3.8, 4) is 0 Å². The van der Waals surface area contributed by atoms with Crippen LogP contribution in [-0.4, -0.2) is 20.3 Å². The van der Waals surface area contributed by atoms with Crippen LogP contribution in [0.4, 0.5) is 0 Å². The van der Waals surface area contributed by atoms with Crippen molar-refractivity contribution in [1.82, 2.24) is 9.38 Å². The second kappa shape index (κ2) is 13.9. The predicted octanol–water partition coefficient (Wildman–Crippen LogP) is 10.8. The van der Waals surface area contributed by atoms with Crippen LogP contribution in [0.1, 0.15) is 53.4 Å². The zero-order chi connectivity index (χ0) is 30.8.